The maximum Gasteiger partial charge on any atom is 0.224 e. The van der Waals surface area contributed by atoms with E-state index in [2.05, 4.69) is 30.5 Å². The van der Waals surface area contributed by atoms with Crippen molar-refractivity contribution in [2.75, 3.05) is 11.9 Å². The molecule has 3 heteroatoms. The second-order valence-corrected chi connectivity index (χ2v) is 5.06. The minimum Gasteiger partial charge on any atom is -0.326 e. The molecule has 98 valence electrons. The minimum atomic E-state index is 0.147. The van der Waals surface area contributed by atoms with Gasteiger partial charge in [-0.25, -0.2) is 0 Å². The van der Waals surface area contributed by atoms with E-state index in [0.717, 1.165) is 17.8 Å². The van der Waals surface area contributed by atoms with E-state index in [0.29, 0.717) is 12.3 Å². The quantitative estimate of drug-likeness (QED) is 0.810. The Morgan fingerprint density at radius 1 is 1.39 bits per heavy atom. The van der Waals surface area contributed by atoms with E-state index < -0.39 is 0 Å². The maximum absolute atomic E-state index is 11.9. The molecule has 0 aliphatic heterocycles. The predicted octanol–water partition coefficient (Wildman–Crippen LogP) is 3.10. The lowest BCUT2D eigenvalue weighted by atomic mass is 10.1. The minimum absolute atomic E-state index is 0.147. The molecule has 2 rings (SSSR count). The van der Waals surface area contributed by atoms with E-state index in [1.54, 1.807) is 0 Å². The third kappa shape index (κ3) is 3.57. The molecule has 1 aliphatic rings. The van der Waals surface area contributed by atoms with Crippen LogP contribution in [0.5, 0.6) is 0 Å². The number of rotatable bonds is 6. The number of benzene rings is 1. The normalized spacial score (nSPS) is 16.3. The molecular weight excluding hydrogens is 224 g/mol. The number of anilines is 1. The molecule has 0 bridgehead atoms. The van der Waals surface area contributed by atoms with Gasteiger partial charge in [0.1, 0.15) is 0 Å². The summed E-state index contributed by atoms with van der Waals surface area (Å²) in [5.74, 6) is 0.775. The van der Waals surface area contributed by atoms with Crippen molar-refractivity contribution in [3.63, 3.8) is 0 Å². The molecule has 18 heavy (non-hydrogen) atoms. The van der Waals surface area contributed by atoms with Crippen molar-refractivity contribution in [3.8, 4) is 0 Å². The average molecular weight is 246 g/mol. The first-order valence-electron chi connectivity index (χ1n) is 6.83. The Morgan fingerprint density at radius 3 is 2.78 bits per heavy atom. The predicted molar refractivity (Wildman–Crippen MR) is 74.5 cm³/mol. The summed E-state index contributed by atoms with van der Waals surface area (Å²) in [5.41, 5.74) is 2.10. The highest BCUT2D eigenvalue weighted by molar-refractivity contribution is 5.91. The van der Waals surface area contributed by atoms with Crippen LogP contribution in [0.4, 0.5) is 5.69 Å². The summed E-state index contributed by atoms with van der Waals surface area (Å²) in [5, 5.41) is 6.42. The van der Waals surface area contributed by atoms with Crippen molar-refractivity contribution >= 4 is 11.6 Å². The molecule has 0 spiro atoms. The highest BCUT2D eigenvalue weighted by Gasteiger charge is 2.24. The Balaban J connectivity index is 2.03. The number of para-hydroxylation sites is 1. The van der Waals surface area contributed by atoms with Gasteiger partial charge in [0, 0.05) is 18.2 Å². The summed E-state index contributed by atoms with van der Waals surface area (Å²) in [7, 11) is 0. The van der Waals surface area contributed by atoms with Crippen molar-refractivity contribution in [1.82, 2.24) is 5.32 Å². The lowest BCUT2D eigenvalue weighted by molar-refractivity contribution is -0.116. The van der Waals surface area contributed by atoms with Gasteiger partial charge >= 0.3 is 0 Å². The van der Waals surface area contributed by atoms with Crippen molar-refractivity contribution in [2.24, 2.45) is 5.92 Å². The van der Waals surface area contributed by atoms with Gasteiger partial charge in [0.2, 0.25) is 5.91 Å². The van der Waals surface area contributed by atoms with Crippen LogP contribution in [0.3, 0.4) is 0 Å². The van der Waals surface area contributed by atoms with Gasteiger partial charge in [0.05, 0.1) is 0 Å². The lowest BCUT2D eigenvalue weighted by Crippen LogP contribution is -2.20. The Hall–Kier alpha value is -1.35. The summed E-state index contributed by atoms with van der Waals surface area (Å²) in [6.07, 6.45) is 3.09. The number of carbonyl (C=O) groups is 1. The Bertz CT molecular complexity index is 413. The monoisotopic (exact) mass is 246 g/mol. The van der Waals surface area contributed by atoms with Crippen LogP contribution in [0.15, 0.2) is 24.3 Å². The Kier molecular flexibility index (Phi) is 4.37. The van der Waals surface area contributed by atoms with Crippen LogP contribution in [0.25, 0.3) is 0 Å². The fraction of sp³-hybridized carbons (Fsp3) is 0.533. The number of amides is 1. The number of hydrogen-bond acceptors (Lipinski definition) is 2. The zero-order chi connectivity index (χ0) is 13.0. The number of carbonyl (C=O) groups excluding carboxylic acids is 1. The number of hydrogen-bond donors (Lipinski definition) is 2. The van der Waals surface area contributed by atoms with E-state index in [9.17, 15) is 4.79 Å². The second kappa shape index (κ2) is 6.01. The van der Waals surface area contributed by atoms with Gasteiger partial charge in [0.15, 0.2) is 0 Å². The summed E-state index contributed by atoms with van der Waals surface area (Å²) < 4.78 is 0. The summed E-state index contributed by atoms with van der Waals surface area (Å²) in [4.78, 5) is 11.9. The van der Waals surface area contributed by atoms with E-state index in [1.807, 2.05) is 18.2 Å². The van der Waals surface area contributed by atoms with Crippen LogP contribution in [0.2, 0.25) is 0 Å². The van der Waals surface area contributed by atoms with Crippen molar-refractivity contribution in [3.05, 3.63) is 29.8 Å². The molecule has 1 saturated carbocycles. The van der Waals surface area contributed by atoms with Crippen LogP contribution in [-0.2, 0) is 4.79 Å². The summed E-state index contributed by atoms with van der Waals surface area (Å²) >= 11 is 0. The van der Waals surface area contributed by atoms with Gasteiger partial charge in [0.25, 0.3) is 0 Å². The molecular formula is C15H22N2O. The lowest BCUT2D eigenvalue weighted by Gasteiger charge is -2.17. The zero-order valence-corrected chi connectivity index (χ0v) is 11.2. The van der Waals surface area contributed by atoms with E-state index >= 15 is 0 Å². The van der Waals surface area contributed by atoms with Gasteiger partial charge in [-0.15, -0.1) is 0 Å². The molecule has 0 radical (unpaired) electrons. The molecule has 1 amide bonds. The van der Waals surface area contributed by atoms with Crippen LogP contribution in [0.1, 0.15) is 44.7 Å². The molecule has 2 N–H and O–H groups in total. The van der Waals surface area contributed by atoms with Crippen LogP contribution in [-0.4, -0.2) is 12.5 Å². The number of nitrogens with one attached hydrogen (secondary N) is 2. The molecule has 1 aromatic rings. The van der Waals surface area contributed by atoms with Gasteiger partial charge in [-0.2, -0.15) is 0 Å². The van der Waals surface area contributed by atoms with E-state index in [1.165, 1.54) is 12.8 Å². The Labute approximate surface area is 109 Å². The SMILES string of the molecule is CCNC(C)c1ccccc1NC(=O)CC1CC1. The molecule has 1 unspecified atom stereocenters. The fourth-order valence-electron chi connectivity index (χ4n) is 2.19. The van der Waals surface area contributed by atoms with Gasteiger partial charge in [-0.1, -0.05) is 25.1 Å². The van der Waals surface area contributed by atoms with Crippen LogP contribution < -0.4 is 10.6 Å². The Morgan fingerprint density at radius 2 is 2.11 bits per heavy atom. The standard InChI is InChI=1S/C15H22N2O/c1-3-16-11(2)13-6-4-5-7-14(13)17-15(18)10-12-8-9-12/h4-7,11-12,16H,3,8-10H2,1-2H3,(H,17,18). The smallest absolute Gasteiger partial charge is 0.224 e. The third-order valence-electron chi connectivity index (χ3n) is 3.38. The van der Waals surface area contributed by atoms with Gasteiger partial charge in [-0.3, -0.25) is 4.79 Å². The van der Waals surface area contributed by atoms with Gasteiger partial charge < -0.3 is 10.6 Å². The summed E-state index contributed by atoms with van der Waals surface area (Å²) in [6, 6.07) is 8.29. The fourth-order valence-corrected chi connectivity index (χ4v) is 2.19. The molecule has 0 saturated heterocycles. The highest BCUT2D eigenvalue weighted by Crippen LogP contribution is 2.33. The van der Waals surface area contributed by atoms with Crippen LogP contribution in [0, 0.1) is 5.92 Å². The maximum atomic E-state index is 11.9. The topological polar surface area (TPSA) is 41.1 Å². The molecule has 0 heterocycles. The molecule has 3 nitrogen and oxygen atoms in total. The first-order chi connectivity index (χ1) is 8.70. The molecule has 1 fully saturated rings. The van der Waals surface area contributed by atoms with Crippen LogP contribution >= 0.6 is 0 Å². The molecule has 1 atom stereocenters. The van der Waals surface area contributed by atoms with Crippen molar-refractivity contribution < 1.29 is 4.79 Å². The molecule has 1 aliphatic carbocycles. The zero-order valence-electron chi connectivity index (χ0n) is 11.2. The van der Waals surface area contributed by atoms with Gasteiger partial charge in [-0.05, 0) is 43.9 Å². The van der Waals surface area contributed by atoms with Crippen molar-refractivity contribution in [2.45, 2.75) is 39.2 Å². The third-order valence-corrected chi connectivity index (χ3v) is 3.38. The van der Waals surface area contributed by atoms with E-state index in [-0.39, 0.29) is 11.9 Å². The largest absolute Gasteiger partial charge is 0.326 e. The first-order valence-corrected chi connectivity index (χ1v) is 6.83. The second-order valence-electron chi connectivity index (χ2n) is 5.06. The first kappa shape index (κ1) is 13.1. The molecule has 0 aromatic heterocycles. The average Bonchev–Trinajstić information content (AvgIpc) is 3.13. The van der Waals surface area contributed by atoms with Crippen molar-refractivity contribution in [1.29, 1.82) is 0 Å². The molecule has 1 aromatic carbocycles. The van der Waals surface area contributed by atoms with E-state index in [4.69, 9.17) is 0 Å². The highest BCUT2D eigenvalue weighted by atomic mass is 16.1. The summed E-state index contributed by atoms with van der Waals surface area (Å²) in [6.45, 7) is 5.13.